The Morgan fingerprint density at radius 1 is 1.43 bits per heavy atom. The van der Waals surface area contributed by atoms with Gasteiger partial charge in [0, 0.05) is 29.2 Å². The minimum atomic E-state index is 0. The first kappa shape index (κ1) is 18.3. The molecule has 3 unspecified atom stereocenters. The molecule has 2 N–H and O–H groups in total. The molecule has 1 aliphatic rings. The van der Waals surface area contributed by atoms with Gasteiger partial charge in [0.05, 0.1) is 0 Å². The van der Waals surface area contributed by atoms with Crippen LogP contribution in [0, 0.1) is 11.8 Å². The zero-order chi connectivity index (χ0) is 14.5. The molecule has 0 bridgehead atoms. The Balaban J connectivity index is 0.00000220. The molecular weight excluding hydrogens is 304 g/mol. The smallest absolute Gasteiger partial charge is 0.226 e. The van der Waals surface area contributed by atoms with Gasteiger partial charge in [0.1, 0.15) is 0 Å². The Morgan fingerprint density at radius 2 is 2.10 bits per heavy atom. The molecule has 0 radical (unpaired) electrons. The van der Waals surface area contributed by atoms with Gasteiger partial charge >= 0.3 is 0 Å². The van der Waals surface area contributed by atoms with Gasteiger partial charge in [-0.05, 0) is 37.9 Å². The molecule has 3 atom stereocenters. The molecule has 21 heavy (non-hydrogen) atoms. The maximum Gasteiger partial charge on any atom is 0.226 e. The topological polar surface area (TPSA) is 46.3 Å². The van der Waals surface area contributed by atoms with Gasteiger partial charge in [0.25, 0.3) is 0 Å². The van der Waals surface area contributed by atoms with E-state index in [1.807, 2.05) is 30.0 Å². The average Bonchev–Trinajstić information content (AvgIpc) is 2.86. The summed E-state index contributed by atoms with van der Waals surface area (Å²) >= 11 is 1.75. The molecule has 1 amide bonds. The summed E-state index contributed by atoms with van der Waals surface area (Å²) in [4.78, 5) is 15.8. The fourth-order valence-corrected chi connectivity index (χ4v) is 3.65. The number of hydrogen-bond donors (Lipinski definition) is 1. The normalized spacial score (nSPS) is 22.7. The van der Waals surface area contributed by atoms with Crippen LogP contribution in [0.15, 0.2) is 35.2 Å². The van der Waals surface area contributed by atoms with Crippen LogP contribution in [0.3, 0.4) is 0 Å². The van der Waals surface area contributed by atoms with Crippen molar-refractivity contribution in [2.24, 2.45) is 17.6 Å². The van der Waals surface area contributed by atoms with Crippen molar-refractivity contribution in [2.45, 2.75) is 31.2 Å². The number of amides is 1. The maximum absolute atomic E-state index is 12.5. The number of benzene rings is 1. The second kappa shape index (κ2) is 8.66. The number of carbonyl (C=O) groups excluding carboxylic acids is 1. The summed E-state index contributed by atoms with van der Waals surface area (Å²) < 4.78 is 0. The molecule has 1 fully saturated rings. The highest BCUT2D eigenvalue weighted by Gasteiger charge is 2.33. The SMILES string of the molecule is CC(CSc1ccccc1)C(=O)N1CC(CN)CC1C.Cl. The summed E-state index contributed by atoms with van der Waals surface area (Å²) in [6, 6.07) is 10.6. The number of halogens is 1. The van der Waals surface area contributed by atoms with Crippen LogP contribution in [0.25, 0.3) is 0 Å². The maximum atomic E-state index is 12.5. The summed E-state index contributed by atoms with van der Waals surface area (Å²) in [7, 11) is 0. The predicted molar refractivity (Wildman–Crippen MR) is 91.9 cm³/mol. The van der Waals surface area contributed by atoms with Gasteiger partial charge in [-0.15, -0.1) is 24.2 Å². The Kier molecular flexibility index (Phi) is 7.57. The molecule has 0 aromatic heterocycles. The van der Waals surface area contributed by atoms with Crippen LogP contribution in [0.4, 0.5) is 0 Å². The highest BCUT2D eigenvalue weighted by Crippen LogP contribution is 2.26. The third kappa shape index (κ3) is 4.90. The molecule has 1 aromatic carbocycles. The van der Waals surface area contributed by atoms with Crippen LogP contribution < -0.4 is 5.73 Å². The van der Waals surface area contributed by atoms with Crippen LogP contribution in [-0.2, 0) is 4.79 Å². The second-order valence-electron chi connectivity index (χ2n) is 5.70. The van der Waals surface area contributed by atoms with Crippen molar-refractivity contribution < 1.29 is 4.79 Å². The zero-order valence-electron chi connectivity index (χ0n) is 12.7. The summed E-state index contributed by atoms with van der Waals surface area (Å²) in [5.41, 5.74) is 5.73. The van der Waals surface area contributed by atoms with E-state index in [4.69, 9.17) is 5.73 Å². The fourth-order valence-electron chi connectivity index (χ4n) is 2.71. The standard InChI is InChI=1S/C16H24N2OS.ClH/c1-12(11-20-15-6-4-3-5-7-15)16(19)18-10-14(9-17)8-13(18)2;/h3-7,12-14H,8-11,17H2,1-2H3;1H. The molecule has 1 aromatic rings. The third-order valence-electron chi connectivity index (χ3n) is 3.94. The predicted octanol–water partition coefficient (Wildman–Crippen LogP) is 3.03. The van der Waals surface area contributed by atoms with Crippen molar-refractivity contribution in [1.29, 1.82) is 0 Å². The summed E-state index contributed by atoms with van der Waals surface area (Å²) in [6.07, 6.45) is 1.04. The first-order chi connectivity index (χ1) is 9.61. The number of rotatable bonds is 5. The van der Waals surface area contributed by atoms with Crippen molar-refractivity contribution in [1.82, 2.24) is 4.90 Å². The van der Waals surface area contributed by atoms with Crippen LogP contribution in [0.5, 0.6) is 0 Å². The number of thioether (sulfide) groups is 1. The number of carbonyl (C=O) groups is 1. The summed E-state index contributed by atoms with van der Waals surface area (Å²) in [5, 5.41) is 0. The number of nitrogens with two attached hydrogens (primary N) is 1. The van der Waals surface area contributed by atoms with Crippen molar-refractivity contribution in [3.05, 3.63) is 30.3 Å². The van der Waals surface area contributed by atoms with E-state index < -0.39 is 0 Å². The lowest BCUT2D eigenvalue weighted by molar-refractivity contribution is -0.134. The lowest BCUT2D eigenvalue weighted by atomic mass is 10.1. The quantitative estimate of drug-likeness (QED) is 0.845. The van der Waals surface area contributed by atoms with Gasteiger partial charge in [0.15, 0.2) is 0 Å². The van der Waals surface area contributed by atoms with Crippen LogP contribution in [0.2, 0.25) is 0 Å². The zero-order valence-corrected chi connectivity index (χ0v) is 14.3. The van der Waals surface area contributed by atoms with Gasteiger partial charge in [-0.1, -0.05) is 25.1 Å². The molecule has 0 saturated carbocycles. The van der Waals surface area contributed by atoms with Gasteiger partial charge in [0.2, 0.25) is 5.91 Å². The van der Waals surface area contributed by atoms with Crippen molar-refractivity contribution in [3.63, 3.8) is 0 Å². The van der Waals surface area contributed by atoms with E-state index in [1.165, 1.54) is 4.90 Å². The Morgan fingerprint density at radius 3 is 2.67 bits per heavy atom. The molecule has 2 rings (SSSR count). The van der Waals surface area contributed by atoms with E-state index in [1.54, 1.807) is 11.8 Å². The third-order valence-corrected chi connectivity index (χ3v) is 5.21. The molecule has 0 spiro atoms. The molecule has 1 heterocycles. The van der Waals surface area contributed by atoms with Gasteiger partial charge < -0.3 is 10.6 Å². The van der Waals surface area contributed by atoms with E-state index in [9.17, 15) is 4.79 Å². The van der Waals surface area contributed by atoms with E-state index >= 15 is 0 Å². The lowest BCUT2D eigenvalue weighted by Crippen LogP contribution is -2.38. The van der Waals surface area contributed by atoms with E-state index in [2.05, 4.69) is 19.1 Å². The molecular formula is C16H25ClN2OS. The largest absolute Gasteiger partial charge is 0.339 e. The second-order valence-corrected chi connectivity index (χ2v) is 6.80. The highest BCUT2D eigenvalue weighted by atomic mass is 35.5. The monoisotopic (exact) mass is 328 g/mol. The van der Waals surface area contributed by atoms with Gasteiger partial charge in [-0.2, -0.15) is 0 Å². The van der Waals surface area contributed by atoms with Crippen LogP contribution in [0.1, 0.15) is 20.3 Å². The Hall–Kier alpha value is -0.710. The highest BCUT2D eigenvalue weighted by molar-refractivity contribution is 7.99. The Labute approximate surface area is 138 Å². The Bertz CT molecular complexity index is 443. The van der Waals surface area contributed by atoms with E-state index in [-0.39, 0.29) is 24.2 Å². The first-order valence-corrected chi connectivity index (χ1v) is 8.28. The number of likely N-dealkylation sites (tertiary alicyclic amines) is 1. The molecule has 3 nitrogen and oxygen atoms in total. The van der Waals surface area contributed by atoms with Crippen molar-refractivity contribution >= 4 is 30.1 Å². The minimum absolute atomic E-state index is 0. The molecule has 0 aliphatic carbocycles. The molecule has 1 aliphatic heterocycles. The summed E-state index contributed by atoms with van der Waals surface area (Å²) in [5.74, 6) is 1.64. The van der Waals surface area contributed by atoms with E-state index in [0.29, 0.717) is 18.5 Å². The van der Waals surface area contributed by atoms with Gasteiger partial charge in [-0.3, -0.25) is 4.79 Å². The molecule has 1 saturated heterocycles. The van der Waals surface area contributed by atoms with Gasteiger partial charge in [-0.25, -0.2) is 0 Å². The molecule has 118 valence electrons. The van der Waals surface area contributed by atoms with Crippen LogP contribution >= 0.6 is 24.2 Å². The number of nitrogens with zero attached hydrogens (tertiary/aromatic N) is 1. The fraction of sp³-hybridized carbons (Fsp3) is 0.562. The first-order valence-electron chi connectivity index (χ1n) is 7.30. The van der Waals surface area contributed by atoms with Crippen molar-refractivity contribution in [3.8, 4) is 0 Å². The van der Waals surface area contributed by atoms with Crippen LogP contribution in [-0.4, -0.2) is 35.7 Å². The number of hydrogen-bond acceptors (Lipinski definition) is 3. The lowest BCUT2D eigenvalue weighted by Gasteiger charge is -2.25. The van der Waals surface area contributed by atoms with E-state index in [0.717, 1.165) is 18.7 Å². The average molecular weight is 329 g/mol. The molecule has 5 heteroatoms. The summed E-state index contributed by atoms with van der Waals surface area (Å²) in [6.45, 7) is 5.67. The minimum Gasteiger partial charge on any atom is -0.339 e. The van der Waals surface area contributed by atoms with Crippen molar-refractivity contribution in [2.75, 3.05) is 18.8 Å².